The van der Waals surface area contributed by atoms with Crippen LogP contribution in [0.4, 0.5) is 0 Å². The van der Waals surface area contributed by atoms with Crippen molar-refractivity contribution in [3.8, 4) is 11.3 Å². The van der Waals surface area contributed by atoms with E-state index in [-0.39, 0.29) is 82.4 Å². The second kappa shape index (κ2) is 18.0. The van der Waals surface area contributed by atoms with E-state index in [1.165, 1.54) is 45.5 Å². The summed E-state index contributed by atoms with van der Waals surface area (Å²) in [6, 6.07) is 19.2. The van der Waals surface area contributed by atoms with Gasteiger partial charge in [0.1, 0.15) is 16.9 Å². The SMILES string of the molecule is CC(C)(C)Cc1cc2c(oc3c(-c4[c-]c5ccccc5c(C(C)(C)C)c4)nccc32)c2c1C(C)(C)CCC2(C)C.CC(C)C(C)(C(=O)/C=C(\O)C(C)(C(C)C)C(C)C)C(C)C.[Ir]. The van der Waals surface area contributed by atoms with Crippen molar-refractivity contribution in [3.05, 3.63) is 88.8 Å². The van der Waals surface area contributed by atoms with E-state index in [9.17, 15) is 9.90 Å². The number of aliphatic hydroxyl groups excluding tert-OH is 1. The summed E-state index contributed by atoms with van der Waals surface area (Å²) in [5, 5.41) is 15.4. The number of hydrogen-bond donors (Lipinski definition) is 1. The number of aliphatic hydroxyl groups is 1. The first-order valence-electron chi connectivity index (χ1n) is 23.2. The first-order valence-corrected chi connectivity index (χ1v) is 23.2. The van der Waals surface area contributed by atoms with E-state index in [1.807, 2.05) is 20.0 Å². The maximum atomic E-state index is 12.8. The van der Waals surface area contributed by atoms with E-state index in [1.54, 1.807) is 0 Å². The summed E-state index contributed by atoms with van der Waals surface area (Å²) in [4.78, 5) is 17.8. The zero-order chi connectivity index (χ0) is 46.0. The Balaban J connectivity index is 0.000000329. The number of pyridine rings is 1. The Kier molecular flexibility index (Phi) is 14.9. The Morgan fingerprint density at radius 1 is 0.742 bits per heavy atom. The second-order valence-corrected chi connectivity index (χ2v) is 23.8. The molecular formula is C57H80IrNO3-. The molecule has 0 amide bonds. The zero-order valence-electron chi connectivity index (χ0n) is 42.2. The van der Waals surface area contributed by atoms with Gasteiger partial charge in [-0.15, -0.1) is 29.1 Å². The molecule has 0 aliphatic heterocycles. The van der Waals surface area contributed by atoms with E-state index in [0.717, 1.165) is 46.0 Å². The molecule has 2 aromatic heterocycles. The first-order chi connectivity index (χ1) is 27.9. The number of ketones is 1. The molecule has 1 radical (unpaired) electrons. The predicted molar refractivity (Wildman–Crippen MR) is 262 cm³/mol. The summed E-state index contributed by atoms with van der Waals surface area (Å²) in [5.41, 5.74) is 8.99. The third kappa shape index (κ3) is 9.56. The average molecular weight is 1020 g/mol. The molecule has 5 aromatic rings. The van der Waals surface area contributed by atoms with Crippen LogP contribution in [-0.4, -0.2) is 15.9 Å². The predicted octanol–water partition coefficient (Wildman–Crippen LogP) is 16.5. The fraction of sp³-hybridized carbons (Fsp3) is 0.579. The molecule has 1 aliphatic carbocycles. The van der Waals surface area contributed by atoms with Gasteiger partial charge in [-0.2, -0.15) is 0 Å². The molecule has 0 spiro atoms. The van der Waals surface area contributed by atoms with Crippen LogP contribution >= 0.6 is 0 Å². The van der Waals surface area contributed by atoms with Crippen LogP contribution in [0.25, 0.3) is 44.0 Å². The van der Waals surface area contributed by atoms with Crippen LogP contribution < -0.4 is 0 Å². The molecule has 2 heterocycles. The third-order valence-corrected chi connectivity index (χ3v) is 15.2. The van der Waals surface area contributed by atoms with Crippen LogP contribution in [0.5, 0.6) is 0 Å². The molecule has 3 aromatic carbocycles. The minimum atomic E-state index is -0.442. The molecular weight excluding hydrogens is 939 g/mol. The van der Waals surface area contributed by atoms with Crippen molar-refractivity contribution < 1.29 is 34.4 Å². The number of hydrogen-bond acceptors (Lipinski definition) is 4. The van der Waals surface area contributed by atoms with E-state index in [0.29, 0.717) is 0 Å². The smallest absolute Gasteiger partial charge is 0.165 e. The summed E-state index contributed by atoms with van der Waals surface area (Å²) in [5.74, 6) is 1.27. The van der Waals surface area contributed by atoms with Crippen molar-refractivity contribution in [1.82, 2.24) is 4.98 Å². The van der Waals surface area contributed by atoms with Crippen molar-refractivity contribution >= 4 is 38.5 Å². The van der Waals surface area contributed by atoms with Gasteiger partial charge in [0.05, 0.1) is 0 Å². The van der Waals surface area contributed by atoms with Gasteiger partial charge in [-0.1, -0.05) is 168 Å². The number of aromatic nitrogens is 1. The number of carbonyl (C=O) groups is 1. The number of fused-ring (bicyclic) bond motifs is 6. The Morgan fingerprint density at radius 3 is 1.79 bits per heavy atom. The van der Waals surface area contributed by atoms with Crippen LogP contribution in [0.15, 0.2) is 64.9 Å². The molecule has 341 valence electrons. The number of nitrogens with zero attached hydrogens (tertiary/aromatic N) is 1. The van der Waals surface area contributed by atoms with Gasteiger partial charge in [-0.05, 0) is 87.9 Å². The van der Waals surface area contributed by atoms with Crippen molar-refractivity contribution in [2.75, 3.05) is 0 Å². The molecule has 0 atom stereocenters. The number of allylic oxidation sites excluding steroid dienone is 2. The van der Waals surface area contributed by atoms with E-state index in [4.69, 9.17) is 9.40 Å². The monoisotopic (exact) mass is 1020 g/mol. The summed E-state index contributed by atoms with van der Waals surface area (Å²) in [7, 11) is 0. The van der Waals surface area contributed by atoms with Crippen LogP contribution in [0, 0.1) is 46.0 Å². The minimum Gasteiger partial charge on any atom is -0.512 e. The zero-order valence-corrected chi connectivity index (χ0v) is 44.6. The van der Waals surface area contributed by atoms with Crippen molar-refractivity contribution in [2.45, 2.75) is 174 Å². The Bertz CT molecular complexity index is 2420. The molecule has 6 rings (SSSR count). The van der Waals surface area contributed by atoms with Gasteiger partial charge in [-0.3, -0.25) is 9.78 Å². The molecule has 0 saturated heterocycles. The standard InChI is InChI=1S/C38H44NO.C19H36O2.Ir/c1-35(2,3)22-25-20-28-27-15-18-39-32(24-19-23-13-11-12-14-26(23)29(21-24)36(4,5)6)34(27)40-33(28)31-30(25)37(7,8)16-17-38(31,9)10;1-12(2)18(9,13(3)4)16(20)11-17(21)19(10,14(5)6)15(7)8;/h11-15,18,20-21H,16-17,22H2,1-10H3;11-15,20H,1-10H3;/q-1;;/b;16-11-;. The van der Waals surface area contributed by atoms with Gasteiger partial charge >= 0.3 is 0 Å². The van der Waals surface area contributed by atoms with E-state index < -0.39 is 5.41 Å². The summed E-state index contributed by atoms with van der Waals surface area (Å²) in [6.45, 7) is 44.3. The number of carbonyl (C=O) groups excluding carboxylic acids is 1. The summed E-state index contributed by atoms with van der Waals surface area (Å²) >= 11 is 0. The fourth-order valence-corrected chi connectivity index (χ4v) is 10.00. The quantitative estimate of drug-likeness (QED) is 0.0908. The van der Waals surface area contributed by atoms with Gasteiger partial charge in [0, 0.05) is 65.2 Å². The van der Waals surface area contributed by atoms with Gasteiger partial charge in [0.25, 0.3) is 0 Å². The maximum Gasteiger partial charge on any atom is 0.165 e. The van der Waals surface area contributed by atoms with Crippen molar-refractivity contribution in [3.63, 3.8) is 0 Å². The molecule has 5 heteroatoms. The average Bonchev–Trinajstić information content (AvgIpc) is 3.52. The Morgan fingerprint density at radius 2 is 1.27 bits per heavy atom. The van der Waals surface area contributed by atoms with E-state index in [2.05, 4.69) is 173 Å². The van der Waals surface area contributed by atoms with Crippen LogP contribution in [0.2, 0.25) is 0 Å². The second-order valence-electron chi connectivity index (χ2n) is 23.8. The van der Waals surface area contributed by atoms with Gasteiger partial charge in [0.2, 0.25) is 0 Å². The van der Waals surface area contributed by atoms with Gasteiger partial charge < -0.3 is 9.52 Å². The topological polar surface area (TPSA) is 63.3 Å². The summed E-state index contributed by atoms with van der Waals surface area (Å²) < 4.78 is 7.01. The molecule has 1 N–H and O–H groups in total. The summed E-state index contributed by atoms with van der Waals surface area (Å²) in [6.07, 6.45) is 6.83. The molecule has 4 nitrogen and oxygen atoms in total. The van der Waals surface area contributed by atoms with Crippen molar-refractivity contribution in [1.29, 1.82) is 0 Å². The molecule has 1 aliphatic rings. The number of furan rings is 1. The maximum absolute atomic E-state index is 12.8. The van der Waals surface area contributed by atoms with Gasteiger partial charge in [-0.25, -0.2) is 0 Å². The number of rotatable bonds is 9. The van der Waals surface area contributed by atoms with Crippen LogP contribution in [0.1, 0.15) is 174 Å². The fourth-order valence-electron chi connectivity index (χ4n) is 10.00. The normalized spacial score (nSPS) is 16.0. The molecule has 62 heavy (non-hydrogen) atoms. The third-order valence-electron chi connectivity index (χ3n) is 15.2. The first kappa shape index (κ1) is 51.4. The molecule has 0 unspecified atom stereocenters. The van der Waals surface area contributed by atoms with Crippen LogP contribution in [-0.2, 0) is 47.6 Å². The van der Waals surface area contributed by atoms with Crippen LogP contribution in [0.3, 0.4) is 0 Å². The van der Waals surface area contributed by atoms with Crippen molar-refractivity contribution in [2.24, 2.45) is 39.9 Å². The molecule has 0 saturated carbocycles. The Labute approximate surface area is 389 Å². The van der Waals surface area contributed by atoms with Gasteiger partial charge in [0.15, 0.2) is 5.78 Å². The Hall–Kier alpha value is -3.27. The molecule has 0 bridgehead atoms. The largest absolute Gasteiger partial charge is 0.512 e. The molecule has 0 fully saturated rings. The number of benzene rings is 3. The minimum absolute atomic E-state index is 0. The van der Waals surface area contributed by atoms with E-state index >= 15 is 0 Å².